The normalized spacial score (nSPS) is 24.0. The van der Waals surface area contributed by atoms with E-state index in [1.807, 2.05) is 6.07 Å². The molecule has 0 amide bonds. The highest BCUT2D eigenvalue weighted by Gasteiger charge is 2.24. The van der Waals surface area contributed by atoms with Gasteiger partial charge in [0.25, 0.3) is 0 Å². The van der Waals surface area contributed by atoms with Gasteiger partial charge < -0.3 is 9.73 Å². The van der Waals surface area contributed by atoms with Gasteiger partial charge in [0, 0.05) is 0 Å². The molecule has 1 saturated heterocycles. The molecule has 2 atom stereocenters. The van der Waals surface area contributed by atoms with Gasteiger partial charge in [0.15, 0.2) is 0 Å². The maximum atomic E-state index is 5.51. The van der Waals surface area contributed by atoms with Crippen LogP contribution in [0.4, 0.5) is 0 Å². The smallest absolute Gasteiger partial charge is 0.120 e. The average Bonchev–Trinajstić information content (AvgIpc) is 2.94. The first kappa shape index (κ1) is 11.5. The van der Waals surface area contributed by atoms with Crippen LogP contribution in [0.15, 0.2) is 53.1 Å². The minimum absolute atomic E-state index is 0.391. The van der Waals surface area contributed by atoms with E-state index in [4.69, 9.17) is 4.42 Å². The summed E-state index contributed by atoms with van der Waals surface area (Å²) in [4.78, 5) is 0. The van der Waals surface area contributed by atoms with Gasteiger partial charge in [-0.3, -0.25) is 0 Å². The Bertz CT molecular complexity index is 463. The lowest BCUT2D eigenvalue weighted by molar-refractivity contribution is 0.274. The summed E-state index contributed by atoms with van der Waals surface area (Å²) in [5.41, 5.74) is 1.45. The van der Waals surface area contributed by atoms with Gasteiger partial charge in [-0.15, -0.1) is 0 Å². The first-order valence-corrected chi connectivity index (χ1v) is 6.72. The first-order chi connectivity index (χ1) is 8.92. The van der Waals surface area contributed by atoms with E-state index < -0.39 is 0 Å². The lowest BCUT2D eigenvalue weighted by Gasteiger charge is -2.29. The van der Waals surface area contributed by atoms with Gasteiger partial charge in [0.1, 0.15) is 5.76 Å². The number of benzene rings is 1. The van der Waals surface area contributed by atoms with Crippen molar-refractivity contribution in [3.05, 3.63) is 60.1 Å². The Morgan fingerprint density at radius 1 is 1.11 bits per heavy atom. The number of rotatable bonds is 3. The fourth-order valence-electron chi connectivity index (χ4n) is 2.84. The van der Waals surface area contributed by atoms with Gasteiger partial charge in [-0.2, -0.15) is 0 Å². The van der Waals surface area contributed by atoms with Crippen molar-refractivity contribution in [3.8, 4) is 0 Å². The summed E-state index contributed by atoms with van der Waals surface area (Å²) in [6, 6.07) is 15.2. The Kier molecular flexibility index (Phi) is 3.47. The van der Waals surface area contributed by atoms with Crippen LogP contribution in [-0.4, -0.2) is 6.54 Å². The lowest BCUT2D eigenvalue weighted by Crippen LogP contribution is -2.32. The second-order valence-corrected chi connectivity index (χ2v) is 5.10. The third-order valence-corrected chi connectivity index (χ3v) is 3.77. The maximum absolute atomic E-state index is 5.51. The van der Waals surface area contributed by atoms with Gasteiger partial charge in [-0.1, -0.05) is 30.3 Å². The Morgan fingerprint density at radius 2 is 2.00 bits per heavy atom. The second kappa shape index (κ2) is 5.40. The molecule has 1 aromatic carbocycles. The SMILES string of the molecule is c1ccc(CC2CCNC(c3ccco3)C2)cc1. The fourth-order valence-corrected chi connectivity index (χ4v) is 2.84. The van der Waals surface area contributed by atoms with Gasteiger partial charge >= 0.3 is 0 Å². The number of nitrogens with one attached hydrogen (secondary N) is 1. The highest BCUT2D eigenvalue weighted by molar-refractivity contribution is 5.16. The third kappa shape index (κ3) is 2.65. The number of piperidine rings is 1. The molecule has 1 aliphatic rings. The van der Waals surface area contributed by atoms with Crippen LogP contribution in [-0.2, 0) is 6.42 Å². The van der Waals surface area contributed by atoms with Gasteiger partial charge in [0.2, 0.25) is 0 Å². The minimum atomic E-state index is 0.391. The summed E-state index contributed by atoms with van der Waals surface area (Å²) >= 11 is 0. The van der Waals surface area contributed by atoms with Crippen LogP contribution in [0.25, 0.3) is 0 Å². The van der Waals surface area contributed by atoms with Crippen molar-refractivity contribution >= 4 is 0 Å². The van der Waals surface area contributed by atoms with Crippen LogP contribution >= 0.6 is 0 Å². The van der Waals surface area contributed by atoms with E-state index in [0.717, 1.165) is 18.2 Å². The van der Waals surface area contributed by atoms with Crippen molar-refractivity contribution in [3.63, 3.8) is 0 Å². The van der Waals surface area contributed by atoms with E-state index in [1.54, 1.807) is 6.26 Å². The quantitative estimate of drug-likeness (QED) is 0.888. The highest BCUT2D eigenvalue weighted by Crippen LogP contribution is 2.29. The van der Waals surface area contributed by atoms with Crippen molar-refractivity contribution in [1.82, 2.24) is 5.32 Å². The number of hydrogen-bond acceptors (Lipinski definition) is 2. The summed E-state index contributed by atoms with van der Waals surface area (Å²) in [5.74, 6) is 1.83. The zero-order valence-corrected chi connectivity index (χ0v) is 10.5. The predicted molar refractivity (Wildman–Crippen MR) is 72.3 cm³/mol. The van der Waals surface area contributed by atoms with E-state index in [0.29, 0.717) is 6.04 Å². The molecular weight excluding hydrogens is 222 g/mol. The van der Waals surface area contributed by atoms with E-state index in [2.05, 4.69) is 41.7 Å². The molecule has 3 rings (SSSR count). The molecule has 0 saturated carbocycles. The third-order valence-electron chi connectivity index (χ3n) is 3.77. The molecule has 0 aliphatic carbocycles. The van der Waals surface area contributed by atoms with Gasteiger partial charge in [0.05, 0.1) is 12.3 Å². The highest BCUT2D eigenvalue weighted by atomic mass is 16.3. The molecule has 1 aromatic heterocycles. The zero-order chi connectivity index (χ0) is 12.2. The first-order valence-electron chi connectivity index (χ1n) is 6.72. The second-order valence-electron chi connectivity index (χ2n) is 5.10. The molecule has 1 fully saturated rings. The molecule has 94 valence electrons. The number of hydrogen-bond donors (Lipinski definition) is 1. The molecule has 2 heterocycles. The molecule has 1 N–H and O–H groups in total. The van der Waals surface area contributed by atoms with Gasteiger partial charge in [-0.05, 0) is 49.4 Å². The standard InChI is InChI=1S/C16H19NO/c1-2-5-13(6-3-1)11-14-8-9-17-15(12-14)16-7-4-10-18-16/h1-7,10,14-15,17H,8-9,11-12H2. The maximum Gasteiger partial charge on any atom is 0.120 e. The Labute approximate surface area is 108 Å². The van der Waals surface area contributed by atoms with Crippen LogP contribution in [0.2, 0.25) is 0 Å². The number of furan rings is 1. The molecule has 0 bridgehead atoms. The fraction of sp³-hybridized carbons (Fsp3) is 0.375. The summed E-state index contributed by atoms with van der Waals surface area (Å²) in [7, 11) is 0. The molecule has 0 radical (unpaired) electrons. The van der Waals surface area contributed by atoms with E-state index in [-0.39, 0.29) is 0 Å². The van der Waals surface area contributed by atoms with Crippen LogP contribution in [0.3, 0.4) is 0 Å². The van der Waals surface area contributed by atoms with Crippen molar-refractivity contribution in [2.45, 2.75) is 25.3 Å². The molecule has 2 aromatic rings. The summed E-state index contributed by atoms with van der Waals surface area (Å²) in [6.07, 6.45) is 5.37. The zero-order valence-electron chi connectivity index (χ0n) is 10.5. The van der Waals surface area contributed by atoms with E-state index in [1.165, 1.54) is 24.8 Å². The van der Waals surface area contributed by atoms with Crippen LogP contribution in [0.5, 0.6) is 0 Å². The van der Waals surface area contributed by atoms with Crippen molar-refractivity contribution in [2.75, 3.05) is 6.54 Å². The Balaban J connectivity index is 1.64. The molecular formula is C16H19NO. The predicted octanol–water partition coefficient (Wildman–Crippen LogP) is 3.56. The molecule has 2 heteroatoms. The van der Waals surface area contributed by atoms with E-state index >= 15 is 0 Å². The monoisotopic (exact) mass is 241 g/mol. The largest absolute Gasteiger partial charge is 0.468 e. The molecule has 1 aliphatic heterocycles. The topological polar surface area (TPSA) is 25.2 Å². The van der Waals surface area contributed by atoms with Gasteiger partial charge in [-0.25, -0.2) is 0 Å². The van der Waals surface area contributed by atoms with Crippen molar-refractivity contribution < 1.29 is 4.42 Å². The van der Waals surface area contributed by atoms with Crippen LogP contribution in [0.1, 0.15) is 30.2 Å². The molecule has 2 unspecified atom stereocenters. The lowest BCUT2D eigenvalue weighted by atomic mass is 9.86. The molecule has 0 spiro atoms. The Hall–Kier alpha value is -1.54. The summed E-state index contributed by atoms with van der Waals surface area (Å²) < 4.78 is 5.51. The summed E-state index contributed by atoms with van der Waals surface area (Å²) in [5, 5.41) is 3.54. The van der Waals surface area contributed by atoms with Crippen molar-refractivity contribution in [2.24, 2.45) is 5.92 Å². The van der Waals surface area contributed by atoms with Crippen LogP contribution in [0, 0.1) is 5.92 Å². The van der Waals surface area contributed by atoms with Crippen LogP contribution < -0.4 is 5.32 Å². The Morgan fingerprint density at radius 3 is 2.78 bits per heavy atom. The van der Waals surface area contributed by atoms with E-state index in [9.17, 15) is 0 Å². The molecule has 18 heavy (non-hydrogen) atoms. The average molecular weight is 241 g/mol. The van der Waals surface area contributed by atoms with Crippen molar-refractivity contribution in [1.29, 1.82) is 0 Å². The molecule has 2 nitrogen and oxygen atoms in total. The summed E-state index contributed by atoms with van der Waals surface area (Å²) in [6.45, 7) is 1.09. The minimum Gasteiger partial charge on any atom is -0.468 e.